The molecule has 2 rings (SSSR count). The van der Waals surface area contributed by atoms with E-state index < -0.39 is 22.0 Å². The molecule has 2 amide bonds. The molecule has 2 aromatic carbocycles. The summed E-state index contributed by atoms with van der Waals surface area (Å²) in [5.41, 5.74) is 2.85. The Morgan fingerprint density at radius 3 is 2.10 bits per heavy atom. The third-order valence-corrected chi connectivity index (χ3v) is 6.19. The standard InChI is InChI=1S/C23H31N3O4S/c1-6-24-23(28)19(4)25(15-20-13-8-7-9-14-20)21(27)16-26(31(5,29)30)22-17(2)11-10-12-18(22)3/h7-14,19H,6,15-16H2,1-5H3,(H,24,28)/t19-/m1/s1. The van der Waals surface area contributed by atoms with Crippen molar-refractivity contribution in [1.82, 2.24) is 10.2 Å². The Hall–Kier alpha value is -2.87. The number of likely N-dealkylation sites (N-methyl/N-ethyl adjacent to an activating group) is 1. The van der Waals surface area contributed by atoms with E-state index in [1.165, 1.54) is 4.90 Å². The summed E-state index contributed by atoms with van der Waals surface area (Å²) in [5.74, 6) is -0.736. The summed E-state index contributed by atoms with van der Waals surface area (Å²) in [7, 11) is -3.74. The number of amides is 2. The highest BCUT2D eigenvalue weighted by Crippen LogP contribution is 2.27. The minimum Gasteiger partial charge on any atom is -0.355 e. The molecule has 0 radical (unpaired) electrons. The normalized spacial score (nSPS) is 12.2. The number of nitrogens with zero attached hydrogens (tertiary/aromatic N) is 2. The fourth-order valence-corrected chi connectivity index (χ4v) is 4.42. The summed E-state index contributed by atoms with van der Waals surface area (Å²) in [4.78, 5) is 27.3. The SMILES string of the molecule is CCNC(=O)[C@@H](C)N(Cc1ccccc1)C(=O)CN(c1c(C)cccc1C)S(C)(=O)=O. The minimum atomic E-state index is -3.74. The number of carbonyl (C=O) groups excluding carboxylic acids is 2. The molecular formula is C23H31N3O4S. The van der Waals surface area contributed by atoms with Crippen molar-refractivity contribution in [3.63, 3.8) is 0 Å². The first kappa shape index (κ1) is 24.4. The maximum atomic E-state index is 13.4. The number of nitrogens with one attached hydrogen (secondary N) is 1. The van der Waals surface area contributed by atoms with E-state index in [2.05, 4.69) is 5.32 Å². The molecule has 1 N–H and O–H groups in total. The van der Waals surface area contributed by atoms with Gasteiger partial charge in [0.15, 0.2) is 0 Å². The highest BCUT2D eigenvalue weighted by molar-refractivity contribution is 7.92. The number of benzene rings is 2. The van der Waals surface area contributed by atoms with Crippen molar-refractivity contribution in [2.24, 2.45) is 0 Å². The zero-order chi connectivity index (χ0) is 23.2. The molecule has 0 aliphatic carbocycles. The molecule has 8 heteroatoms. The first-order valence-electron chi connectivity index (χ1n) is 10.2. The maximum Gasteiger partial charge on any atom is 0.244 e. The summed E-state index contributed by atoms with van der Waals surface area (Å²) in [5, 5.41) is 2.74. The monoisotopic (exact) mass is 445 g/mol. The zero-order valence-electron chi connectivity index (χ0n) is 18.8. The molecule has 0 fully saturated rings. The Morgan fingerprint density at radius 2 is 1.58 bits per heavy atom. The number of hydrogen-bond acceptors (Lipinski definition) is 4. The second-order valence-corrected chi connectivity index (χ2v) is 9.49. The van der Waals surface area contributed by atoms with Gasteiger partial charge >= 0.3 is 0 Å². The fourth-order valence-electron chi connectivity index (χ4n) is 3.46. The van der Waals surface area contributed by atoms with Gasteiger partial charge in [-0.15, -0.1) is 0 Å². The predicted octanol–water partition coefficient (Wildman–Crippen LogP) is 2.62. The lowest BCUT2D eigenvalue weighted by atomic mass is 10.1. The van der Waals surface area contributed by atoms with Crippen molar-refractivity contribution in [2.45, 2.75) is 40.3 Å². The Morgan fingerprint density at radius 1 is 1.00 bits per heavy atom. The van der Waals surface area contributed by atoms with Crippen LogP contribution in [-0.4, -0.2) is 50.5 Å². The van der Waals surface area contributed by atoms with Crippen LogP contribution in [0.4, 0.5) is 5.69 Å². The van der Waals surface area contributed by atoms with Gasteiger partial charge in [-0.25, -0.2) is 8.42 Å². The van der Waals surface area contributed by atoms with Crippen LogP contribution in [0.1, 0.15) is 30.5 Å². The van der Waals surface area contributed by atoms with Gasteiger partial charge in [0.05, 0.1) is 11.9 Å². The molecule has 1 atom stereocenters. The average Bonchev–Trinajstić information content (AvgIpc) is 2.70. The van der Waals surface area contributed by atoms with Crippen LogP contribution in [0.5, 0.6) is 0 Å². The number of aryl methyl sites for hydroxylation is 2. The molecular weight excluding hydrogens is 414 g/mol. The van der Waals surface area contributed by atoms with Crippen molar-refractivity contribution >= 4 is 27.5 Å². The number of hydrogen-bond donors (Lipinski definition) is 1. The fraction of sp³-hybridized carbons (Fsp3) is 0.391. The molecule has 0 aliphatic heterocycles. The highest BCUT2D eigenvalue weighted by atomic mass is 32.2. The molecule has 0 unspecified atom stereocenters. The van der Waals surface area contributed by atoms with Crippen LogP contribution in [0.3, 0.4) is 0 Å². The summed E-state index contributed by atoms with van der Waals surface area (Å²) in [6.07, 6.45) is 1.08. The molecule has 0 spiro atoms. The van der Waals surface area contributed by atoms with Crippen LogP contribution in [0.15, 0.2) is 48.5 Å². The second-order valence-electron chi connectivity index (χ2n) is 7.59. The van der Waals surface area contributed by atoms with Gasteiger partial charge in [-0.05, 0) is 44.4 Å². The molecule has 0 bridgehead atoms. The van der Waals surface area contributed by atoms with Gasteiger partial charge in [0, 0.05) is 13.1 Å². The van der Waals surface area contributed by atoms with Crippen LogP contribution in [0.25, 0.3) is 0 Å². The molecule has 2 aromatic rings. The molecule has 7 nitrogen and oxygen atoms in total. The molecule has 0 heterocycles. The van der Waals surface area contributed by atoms with Crippen LogP contribution in [0.2, 0.25) is 0 Å². The van der Waals surface area contributed by atoms with Crippen molar-refractivity contribution < 1.29 is 18.0 Å². The summed E-state index contributed by atoms with van der Waals surface area (Å²) < 4.78 is 26.4. The van der Waals surface area contributed by atoms with Crippen LogP contribution < -0.4 is 9.62 Å². The van der Waals surface area contributed by atoms with Gasteiger partial charge in [-0.2, -0.15) is 0 Å². The molecule has 0 saturated heterocycles. The van der Waals surface area contributed by atoms with Crippen LogP contribution in [0, 0.1) is 13.8 Å². The van der Waals surface area contributed by atoms with E-state index in [4.69, 9.17) is 0 Å². The van der Waals surface area contributed by atoms with Crippen LogP contribution in [-0.2, 0) is 26.2 Å². The van der Waals surface area contributed by atoms with Gasteiger partial charge in [0.2, 0.25) is 21.8 Å². The van der Waals surface area contributed by atoms with E-state index in [1.807, 2.05) is 62.4 Å². The summed E-state index contributed by atoms with van der Waals surface area (Å²) in [6.45, 7) is 7.32. The van der Waals surface area contributed by atoms with Crippen molar-refractivity contribution in [2.75, 3.05) is 23.7 Å². The van der Waals surface area contributed by atoms with E-state index in [0.29, 0.717) is 12.2 Å². The van der Waals surface area contributed by atoms with Crippen molar-refractivity contribution in [3.8, 4) is 0 Å². The zero-order valence-corrected chi connectivity index (χ0v) is 19.6. The van der Waals surface area contributed by atoms with Crippen LogP contribution >= 0.6 is 0 Å². The number of rotatable bonds is 9. The second kappa shape index (κ2) is 10.4. The number of para-hydroxylation sites is 1. The van der Waals surface area contributed by atoms with Gasteiger partial charge in [-0.3, -0.25) is 13.9 Å². The molecule has 0 aliphatic rings. The molecule has 168 valence electrons. The van der Waals surface area contributed by atoms with Gasteiger partial charge in [0.25, 0.3) is 0 Å². The molecule has 0 saturated carbocycles. The lowest BCUT2D eigenvalue weighted by Crippen LogP contribution is -2.51. The van der Waals surface area contributed by atoms with E-state index in [1.54, 1.807) is 13.8 Å². The largest absolute Gasteiger partial charge is 0.355 e. The predicted molar refractivity (Wildman–Crippen MR) is 123 cm³/mol. The van der Waals surface area contributed by atoms with E-state index in [0.717, 1.165) is 27.3 Å². The smallest absolute Gasteiger partial charge is 0.244 e. The average molecular weight is 446 g/mol. The van der Waals surface area contributed by atoms with Crippen molar-refractivity contribution in [3.05, 3.63) is 65.2 Å². The van der Waals surface area contributed by atoms with Gasteiger partial charge < -0.3 is 10.2 Å². The maximum absolute atomic E-state index is 13.4. The first-order chi connectivity index (χ1) is 14.6. The Bertz CT molecular complexity index is 1000. The first-order valence-corrected chi connectivity index (χ1v) is 12.1. The Balaban J connectivity index is 2.42. The lowest BCUT2D eigenvalue weighted by Gasteiger charge is -2.32. The number of sulfonamides is 1. The van der Waals surface area contributed by atoms with E-state index >= 15 is 0 Å². The van der Waals surface area contributed by atoms with Gasteiger partial charge in [-0.1, -0.05) is 48.5 Å². The quantitative estimate of drug-likeness (QED) is 0.643. The van der Waals surface area contributed by atoms with Crippen molar-refractivity contribution in [1.29, 1.82) is 0 Å². The third kappa shape index (κ3) is 6.30. The topological polar surface area (TPSA) is 86.8 Å². The minimum absolute atomic E-state index is 0.197. The highest BCUT2D eigenvalue weighted by Gasteiger charge is 2.30. The third-order valence-electron chi connectivity index (χ3n) is 5.08. The number of carbonyl (C=O) groups is 2. The van der Waals surface area contributed by atoms with E-state index in [9.17, 15) is 18.0 Å². The molecule has 0 aromatic heterocycles. The summed E-state index contributed by atoms with van der Waals surface area (Å²) in [6, 6.07) is 14.0. The van der Waals surface area contributed by atoms with E-state index in [-0.39, 0.29) is 19.0 Å². The van der Waals surface area contributed by atoms with Gasteiger partial charge in [0.1, 0.15) is 12.6 Å². The Labute approximate surface area is 185 Å². The number of anilines is 1. The Kier molecular flexibility index (Phi) is 8.21. The lowest BCUT2D eigenvalue weighted by molar-refractivity contribution is -0.139. The summed E-state index contributed by atoms with van der Waals surface area (Å²) >= 11 is 0. The molecule has 31 heavy (non-hydrogen) atoms.